The van der Waals surface area contributed by atoms with E-state index in [0.717, 1.165) is 0 Å². The first-order chi connectivity index (χ1) is 9.52. The molecule has 1 heterocycles. The summed E-state index contributed by atoms with van der Waals surface area (Å²) >= 11 is 5.86. The zero-order valence-electron chi connectivity index (χ0n) is 11.1. The summed E-state index contributed by atoms with van der Waals surface area (Å²) in [4.78, 5) is 0. The van der Waals surface area contributed by atoms with Gasteiger partial charge in [0.2, 0.25) is 0 Å². The van der Waals surface area contributed by atoms with E-state index in [9.17, 15) is 5.11 Å². The Bertz CT molecular complexity index is 618. The maximum atomic E-state index is 9.69. The van der Waals surface area contributed by atoms with Crippen molar-refractivity contribution < 1.29 is 10.2 Å². The highest BCUT2D eigenvalue weighted by Gasteiger charge is 2.12. The largest absolute Gasteiger partial charge is 0.506 e. The summed E-state index contributed by atoms with van der Waals surface area (Å²) in [7, 11) is 0. The molecule has 0 saturated heterocycles. The number of halogens is 2. The van der Waals surface area contributed by atoms with Crippen molar-refractivity contribution in [2.45, 2.75) is 13.1 Å². The molecule has 1 aromatic heterocycles. The first kappa shape index (κ1) is 17.2. The molecule has 0 unspecified atom stereocenters. The average Bonchev–Trinajstić information content (AvgIpc) is 2.68. The highest BCUT2D eigenvalue weighted by molar-refractivity contribution is 6.30. The number of phenols is 1. The minimum atomic E-state index is -0.0761. The van der Waals surface area contributed by atoms with Crippen LogP contribution in [-0.4, -0.2) is 26.6 Å². The van der Waals surface area contributed by atoms with E-state index < -0.39 is 0 Å². The number of benzene rings is 1. The summed E-state index contributed by atoms with van der Waals surface area (Å²) in [6, 6.07) is 4.68. The molecule has 0 spiro atoms. The van der Waals surface area contributed by atoms with Gasteiger partial charge in [0.05, 0.1) is 31.1 Å². The van der Waals surface area contributed by atoms with Crippen molar-refractivity contribution in [2.75, 3.05) is 23.4 Å². The molecule has 2 rings (SSSR count). The van der Waals surface area contributed by atoms with Gasteiger partial charge in [-0.3, -0.25) is 0 Å². The van der Waals surface area contributed by atoms with Crippen molar-refractivity contribution in [3.8, 4) is 5.75 Å². The number of hydrogen-bond donors (Lipinski definition) is 5. The van der Waals surface area contributed by atoms with E-state index in [2.05, 4.69) is 10.4 Å². The molecule has 0 aliphatic rings. The van der Waals surface area contributed by atoms with Gasteiger partial charge in [-0.05, 0) is 18.2 Å². The summed E-state index contributed by atoms with van der Waals surface area (Å²) in [5, 5.41) is 26.3. The van der Waals surface area contributed by atoms with Gasteiger partial charge >= 0.3 is 0 Å². The summed E-state index contributed by atoms with van der Waals surface area (Å²) in [6.07, 6.45) is 0. The number of aromatic hydroxyl groups is 1. The molecule has 7 N–H and O–H groups in total. The molecule has 0 aliphatic heterocycles. The lowest BCUT2D eigenvalue weighted by Crippen LogP contribution is -2.08. The van der Waals surface area contributed by atoms with Crippen LogP contribution in [0.4, 0.5) is 17.2 Å². The fourth-order valence-corrected chi connectivity index (χ4v) is 1.94. The minimum Gasteiger partial charge on any atom is -0.506 e. The maximum Gasteiger partial charge on any atom is 0.145 e. The Balaban J connectivity index is 0.00000220. The first-order valence-electron chi connectivity index (χ1n) is 5.96. The van der Waals surface area contributed by atoms with Crippen LogP contribution in [0, 0.1) is 0 Å². The van der Waals surface area contributed by atoms with E-state index in [1.807, 2.05) is 0 Å². The predicted octanol–water partition coefficient (Wildman–Crippen LogP) is 1.43. The fraction of sp³-hybridized carbons (Fsp3) is 0.250. The Hall–Kier alpha value is -1.83. The lowest BCUT2D eigenvalue weighted by Gasteiger charge is -2.07. The zero-order valence-corrected chi connectivity index (χ0v) is 12.7. The van der Waals surface area contributed by atoms with Crippen molar-refractivity contribution in [1.29, 1.82) is 0 Å². The number of nitrogens with zero attached hydrogens (tertiary/aromatic N) is 2. The maximum absolute atomic E-state index is 9.69. The number of aliphatic hydroxyl groups is 1. The molecule has 21 heavy (non-hydrogen) atoms. The molecule has 116 valence electrons. The van der Waals surface area contributed by atoms with Crippen molar-refractivity contribution in [2.24, 2.45) is 0 Å². The quantitative estimate of drug-likeness (QED) is 0.527. The molecule has 0 saturated carbocycles. The van der Waals surface area contributed by atoms with Crippen LogP contribution in [0.1, 0.15) is 5.69 Å². The van der Waals surface area contributed by atoms with Crippen LogP contribution in [0.2, 0.25) is 5.02 Å². The van der Waals surface area contributed by atoms with Gasteiger partial charge in [0, 0.05) is 5.02 Å². The molecular weight excluding hydrogens is 317 g/mol. The molecular formula is C12H17Cl2N5O2. The third-order valence-electron chi connectivity index (χ3n) is 2.82. The Kier molecular flexibility index (Phi) is 5.95. The van der Waals surface area contributed by atoms with Gasteiger partial charge in [0.15, 0.2) is 0 Å². The van der Waals surface area contributed by atoms with Gasteiger partial charge in [-0.1, -0.05) is 11.6 Å². The van der Waals surface area contributed by atoms with Crippen LogP contribution < -0.4 is 16.8 Å². The first-order valence-corrected chi connectivity index (χ1v) is 6.34. The van der Waals surface area contributed by atoms with Gasteiger partial charge < -0.3 is 27.0 Å². The summed E-state index contributed by atoms with van der Waals surface area (Å²) < 4.78 is 1.43. The highest BCUT2D eigenvalue weighted by Crippen LogP contribution is 2.28. The van der Waals surface area contributed by atoms with Crippen molar-refractivity contribution in [3.05, 3.63) is 28.9 Å². The van der Waals surface area contributed by atoms with E-state index in [1.165, 1.54) is 10.7 Å². The number of aliphatic hydroxyl groups excluding tert-OH is 1. The molecule has 0 radical (unpaired) electrons. The second-order valence-electron chi connectivity index (χ2n) is 4.21. The van der Waals surface area contributed by atoms with E-state index >= 15 is 0 Å². The number of anilines is 3. The Labute approximate surface area is 132 Å². The minimum absolute atomic E-state index is 0. The highest BCUT2D eigenvalue weighted by atomic mass is 35.5. The van der Waals surface area contributed by atoms with Crippen LogP contribution in [0.25, 0.3) is 0 Å². The fourth-order valence-electron chi connectivity index (χ4n) is 1.76. The SMILES string of the molecule is Cl.Nc1c(CNc2cc(Cl)ccc2O)nn(CCO)c1N. The number of nitrogens with two attached hydrogens (primary N) is 2. The van der Waals surface area contributed by atoms with Crippen molar-refractivity contribution >= 4 is 41.2 Å². The van der Waals surface area contributed by atoms with Gasteiger partial charge in [-0.2, -0.15) is 5.10 Å². The smallest absolute Gasteiger partial charge is 0.145 e. The molecule has 2 aromatic rings. The van der Waals surface area contributed by atoms with Gasteiger partial charge in [0.25, 0.3) is 0 Å². The van der Waals surface area contributed by atoms with E-state index in [1.54, 1.807) is 12.1 Å². The normalized spacial score (nSPS) is 10.2. The third kappa shape index (κ3) is 3.84. The average molecular weight is 334 g/mol. The number of aromatic nitrogens is 2. The predicted molar refractivity (Wildman–Crippen MR) is 85.8 cm³/mol. The van der Waals surface area contributed by atoms with Crippen LogP contribution in [0.5, 0.6) is 5.75 Å². The molecule has 1 aromatic carbocycles. The van der Waals surface area contributed by atoms with E-state index in [0.29, 0.717) is 27.9 Å². The lowest BCUT2D eigenvalue weighted by molar-refractivity contribution is 0.270. The third-order valence-corrected chi connectivity index (χ3v) is 3.06. The second kappa shape index (κ2) is 7.26. The number of phenolic OH excluding ortho intramolecular Hbond substituents is 1. The Morgan fingerprint density at radius 2 is 2.05 bits per heavy atom. The number of nitrogens with one attached hydrogen (secondary N) is 1. The second-order valence-corrected chi connectivity index (χ2v) is 4.64. The molecule has 7 nitrogen and oxygen atoms in total. The van der Waals surface area contributed by atoms with Crippen molar-refractivity contribution in [1.82, 2.24) is 9.78 Å². The van der Waals surface area contributed by atoms with E-state index in [4.69, 9.17) is 28.2 Å². The lowest BCUT2D eigenvalue weighted by atomic mass is 10.2. The molecule has 0 amide bonds. The molecule has 0 atom stereocenters. The van der Waals surface area contributed by atoms with Crippen LogP contribution in [-0.2, 0) is 13.1 Å². The van der Waals surface area contributed by atoms with Crippen LogP contribution in [0.3, 0.4) is 0 Å². The van der Waals surface area contributed by atoms with Gasteiger partial charge in [-0.25, -0.2) is 4.68 Å². The topological polar surface area (TPSA) is 122 Å². The summed E-state index contributed by atoms with van der Waals surface area (Å²) in [5.74, 6) is 0.391. The van der Waals surface area contributed by atoms with Crippen LogP contribution in [0.15, 0.2) is 18.2 Å². The van der Waals surface area contributed by atoms with E-state index in [-0.39, 0.29) is 37.9 Å². The summed E-state index contributed by atoms with van der Waals surface area (Å²) in [5.41, 5.74) is 13.0. The Morgan fingerprint density at radius 1 is 1.33 bits per heavy atom. The zero-order chi connectivity index (χ0) is 14.7. The number of nitrogen functional groups attached to an aromatic ring is 2. The molecule has 0 aliphatic carbocycles. The number of hydrogen-bond acceptors (Lipinski definition) is 6. The number of rotatable bonds is 5. The monoisotopic (exact) mass is 333 g/mol. The standard InChI is InChI=1S/C12H16ClN5O2.ClH/c13-7-1-2-10(20)8(5-7)16-6-9-11(14)12(15)18(17-9)3-4-19;/h1-2,5,16,19-20H,3-4,6,14-15H2;1H. The van der Waals surface area contributed by atoms with Gasteiger partial charge in [0.1, 0.15) is 17.3 Å². The molecule has 9 heteroatoms. The van der Waals surface area contributed by atoms with Crippen LogP contribution >= 0.6 is 24.0 Å². The van der Waals surface area contributed by atoms with Crippen molar-refractivity contribution in [3.63, 3.8) is 0 Å². The molecule has 0 bridgehead atoms. The molecule has 0 fully saturated rings. The Morgan fingerprint density at radius 3 is 2.71 bits per heavy atom. The van der Waals surface area contributed by atoms with Gasteiger partial charge in [-0.15, -0.1) is 12.4 Å². The summed E-state index contributed by atoms with van der Waals surface area (Å²) in [6.45, 7) is 0.480.